The molecule has 1 aromatic carbocycles. The molecule has 1 aliphatic rings. The van der Waals surface area contributed by atoms with Crippen molar-refractivity contribution in [2.45, 2.75) is 50.7 Å². The van der Waals surface area contributed by atoms with Crippen LogP contribution >= 0.6 is 0 Å². The first-order valence-electron chi connectivity index (χ1n) is 7.34. The van der Waals surface area contributed by atoms with Crippen LogP contribution in [0.5, 0.6) is 0 Å². The summed E-state index contributed by atoms with van der Waals surface area (Å²) in [5, 5.41) is 1.58. The van der Waals surface area contributed by atoms with E-state index in [0.717, 1.165) is 11.5 Å². The zero-order chi connectivity index (χ0) is 13.0. The lowest BCUT2D eigenvalue weighted by Crippen LogP contribution is -2.48. The molecule has 0 radical (unpaired) electrons. The van der Waals surface area contributed by atoms with Crippen LogP contribution in [0.25, 0.3) is 0 Å². The van der Waals surface area contributed by atoms with E-state index in [-0.39, 0.29) is 0 Å². The maximum absolute atomic E-state index is 4.16. The van der Waals surface area contributed by atoms with Gasteiger partial charge in [-0.1, -0.05) is 86.8 Å². The summed E-state index contributed by atoms with van der Waals surface area (Å²) in [7, 11) is -1.41. The highest BCUT2D eigenvalue weighted by atomic mass is 28.3. The van der Waals surface area contributed by atoms with Gasteiger partial charge >= 0.3 is 0 Å². The molecule has 0 heterocycles. The highest BCUT2D eigenvalue weighted by Gasteiger charge is 2.36. The van der Waals surface area contributed by atoms with Crippen molar-refractivity contribution in [1.29, 1.82) is 0 Å². The molecule has 98 valence electrons. The van der Waals surface area contributed by atoms with E-state index in [1.807, 2.05) is 0 Å². The SMILES string of the molecule is C=CC(C1CCCCC1)[Si](C)(C)c1ccccc1. The fraction of sp³-hybridized carbons (Fsp3) is 0.529. The van der Waals surface area contributed by atoms with E-state index in [2.05, 4.69) is 56.1 Å². The van der Waals surface area contributed by atoms with Gasteiger partial charge in [-0.15, -0.1) is 6.58 Å². The Morgan fingerprint density at radius 1 is 1.11 bits per heavy atom. The summed E-state index contributed by atoms with van der Waals surface area (Å²) in [6.07, 6.45) is 9.39. The lowest BCUT2D eigenvalue weighted by atomic mass is 9.86. The monoisotopic (exact) mass is 258 g/mol. The molecule has 0 nitrogen and oxygen atoms in total. The van der Waals surface area contributed by atoms with Gasteiger partial charge in [-0.05, 0) is 11.5 Å². The van der Waals surface area contributed by atoms with E-state index < -0.39 is 8.07 Å². The fourth-order valence-corrected chi connectivity index (χ4v) is 7.17. The van der Waals surface area contributed by atoms with Gasteiger partial charge in [-0.3, -0.25) is 0 Å². The summed E-state index contributed by atoms with van der Waals surface area (Å²) in [6.45, 7) is 9.20. The first-order valence-corrected chi connectivity index (χ1v) is 10.4. The molecular formula is C17H26Si. The first-order chi connectivity index (χ1) is 8.66. The molecule has 0 aliphatic heterocycles. The van der Waals surface area contributed by atoms with E-state index in [4.69, 9.17) is 0 Å². The normalized spacial score (nSPS) is 19.4. The summed E-state index contributed by atoms with van der Waals surface area (Å²) >= 11 is 0. The Kier molecular flexibility index (Phi) is 4.44. The summed E-state index contributed by atoms with van der Waals surface area (Å²) < 4.78 is 0. The van der Waals surface area contributed by atoms with Crippen molar-refractivity contribution in [3.05, 3.63) is 43.0 Å². The molecule has 0 saturated heterocycles. The molecule has 1 aromatic rings. The second-order valence-electron chi connectivity index (χ2n) is 6.25. The van der Waals surface area contributed by atoms with Gasteiger partial charge in [0.1, 0.15) is 0 Å². The van der Waals surface area contributed by atoms with Gasteiger partial charge in [0.05, 0.1) is 8.07 Å². The predicted molar refractivity (Wildman–Crippen MR) is 84.1 cm³/mol. The van der Waals surface area contributed by atoms with Crippen molar-refractivity contribution in [1.82, 2.24) is 0 Å². The summed E-state index contributed by atoms with van der Waals surface area (Å²) in [6, 6.07) is 11.1. The van der Waals surface area contributed by atoms with Crippen LogP contribution in [0.3, 0.4) is 0 Å². The van der Waals surface area contributed by atoms with E-state index in [0.29, 0.717) is 0 Å². The van der Waals surface area contributed by atoms with Crippen molar-refractivity contribution < 1.29 is 0 Å². The molecule has 0 spiro atoms. The Hall–Kier alpha value is -0.823. The van der Waals surface area contributed by atoms with Gasteiger partial charge in [-0.2, -0.15) is 0 Å². The van der Waals surface area contributed by atoms with Crippen LogP contribution in [0.15, 0.2) is 43.0 Å². The van der Waals surface area contributed by atoms with E-state index >= 15 is 0 Å². The number of allylic oxidation sites excluding steroid dienone is 1. The van der Waals surface area contributed by atoms with Crippen molar-refractivity contribution in [3.8, 4) is 0 Å². The third kappa shape index (κ3) is 2.77. The second kappa shape index (κ2) is 5.88. The molecule has 1 saturated carbocycles. The molecule has 0 N–H and O–H groups in total. The van der Waals surface area contributed by atoms with Crippen LogP contribution in [0.4, 0.5) is 0 Å². The number of rotatable bonds is 4. The molecule has 1 heteroatoms. The zero-order valence-electron chi connectivity index (χ0n) is 11.9. The quantitative estimate of drug-likeness (QED) is 0.540. The average molecular weight is 258 g/mol. The van der Waals surface area contributed by atoms with Gasteiger partial charge in [0.15, 0.2) is 0 Å². The highest BCUT2D eigenvalue weighted by Crippen LogP contribution is 2.39. The lowest BCUT2D eigenvalue weighted by molar-refractivity contribution is 0.357. The van der Waals surface area contributed by atoms with Gasteiger partial charge in [0.2, 0.25) is 0 Å². The average Bonchev–Trinajstić information content (AvgIpc) is 2.41. The van der Waals surface area contributed by atoms with Crippen molar-refractivity contribution >= 4 is 13.3 Å². The minimum atomic E-state index is -1.41. The summed E-state index contributed by atoms with van der Waals surface area (Å²) in [5.74, 6) is 0.887. The smallest absolute Gasteiger partial charge is 0.0876 e. The maximum Gasteiger partial charge on any atom is 0.0876 e. The molecule has 2 rings (SSSR count). The minimum Gasteiger partial charge on any atom is -0.103 e. The zero-order valence-corrected chi connectivity index (χ0v) is 12.9. The Balaban J connectivity index is 2.22. The topological polar surface area (TPSA) is 0 Å². The third-order valence-electron chi connectivity index (χ3n) is 4.76. The minimum absolute atomic E-state index is 0.736. The van der Waals surface area contributed by atoms with Crippen LogP contribution in [0.2, 0.25) is 18.6 Å². The number of hydrogen-bond donors (Lipinski definition) is 0. The first kappa shape index (κ1) is 13.6. The van der Waals surface area contributed by atoms with Gasteiger partial charge < -0.3 is 0 Å². The third-order valence-corrected chi connectivity index (χ3v) is 8.96. The van der Waals surface area contributed by atoms with Gasteiger partial charge in [0.25, 0.3) is 0 Å². The Labute approximate surface area is 113 Å². The van der Waals surface area contributed by atoms with Crippen molar-refractivity contribution in [3.63, 3.8) is 0 Å². The largest absolute Gasteiger partial charge is 0.103 e. The second-order valence-corrected chi connectivity index (χ2v) is 10.9. The molecular weight excluding hydrogens is 232 g/mol. The van der Waals surface area contributed by atoms with Crippen LogP contribution in [-0.2, 0) is 0 Å². The molecule has 1 aliphatic carbocycles. The van der Waals surface area contributed by atoms with Gasteiger partial charge in [0, 0.05) is 0 Å². The van der Waals surface area contributed by atoms with Crippen LogP contribution < -0.4 is 5.19 Å². The molecule has 1 unspecified atom stereocenters. The maximum atomic E-state index is 4.16. The molecule has 1 fully saturated rings. The summed E-state index contributed by atoms with van der Waals surface area (Å²) in [4.78, 5) is 0. The standard InChI is InChI=1S/C17H26Si/c1-4-17(15-11-7-5-8-12-15)18(2,3)16-13-9-6-10-14-16/h4,6,9-10,13-15,17H,1,5,7-8,11-12H2,2-3H3. The van der Waals surface area contributed by atoms with E-state index in [1.54, 1.807) is 5.19 Å². The molecule has 18 heavy (non-hydrogen) atoms. The van der Waals surface area contributed by atoms with Gasteiger partial charge in [-0.25, -0.2) is 0 Å². The van der Waals surface area contributed by atoms with Crippen LogP contribution in [0.1, 0.15) is 32.1 Å². The lowest BCUT2D eigenvalue weighted by Gasteiger charge is -2.38. The highest BCUT2D eigenvalue weighted by molar-refractivity contribution is 6.91. The Bertz CT molecular complexity index is 374. The Morgan fingerprint density at radius 2 is 1.72 bits per heavy atom. The molecule has 0 amide bonds. The molecule has 1 atom stereocenters. The van der Waals surface area contributed by atoms with Crippen molar-refractivity contribution in [2.24, 2.45) is 5.92 Å². The fourth-order valence-electron chi connectivity index (χ4n) is 3.63. The molecule has 0 aromatic heterocycles. The van der Waals surface area contributed by atoms with E-state index in [1.165, 1.54) is 32.1 Å². The molecule has 0 bridgehead atoms. The van der Waals surface area contributed by atoms with Crippen molar-refractivity contribution in [2.75, 3.05) is 0 Å². The predicted octanol–water partition coefficient (Wildman–Crippen LogP) is 4.74. The van der Waals surface area contributed by atoms with E-state index in [9.17, 15) is 0 Å². The number of hydrogen-bond acceptors (Lipinski definition) is 0. The van der Waals surface area contributed by atoms with Crippen LogP contribution in [-0.4, -0.2) is 8.07 Å². The Morgan fingerprint density at radius 3 is 2.28 bits per heavy atom. The summed E-state index contributed by atoms with van der Waals surface area (Å²) in [5.41, 5.74) is 0.736. The number of benzene rings is 1. The van der Waals surface area contributed by atoms with Crippen LogP contribution in [0, 0.1) is 5.92 Å².